The van der Waals surface area contributed by atoms with Crippen LogP contribution in [0.3, 0.4) is 0 Å². The monoisotopic (exact) mass is 317 g/mol. The fraction of sp³-hybridized carbons (Fsp3) is 0.438. The molecule has 0 radical (unpaired) electrons. The van der Waals surface area contributed by atoms with Crippen molar-refractivity contribution in [2.24, 2.45) is 11.8 Å². The summed E-state index contributed by atoms with van der Waals surface area (Å²) in [6.45, 7) is 3.20. The van der Waals surface area contributed by atoms with Crippen LogP contribution in [0.4, 0.5) is 0 Å². The Kier molecular flexibility index (Phi) is 3.40. The predicted molar refractivity (Wildman–Crippen MR) is 85.0 cm³/mol. The molecule has 1 aromatic heterocycles. The number of nitrogens with one attached hydrogen (secondary N) is 1. The summed E-state index contributed by atoms with van der Waals surface area (Å²) in [4.78, 5) is 4.48. The van der Waals surface area contributed by atoms with E-state index in [4.69, 9.17) is 0 Å². The topological polar surface area (TPSA) is 62.3 Å². The van der Waals surface area contributed by atoms with Crippen LogP contribution in [0.1, 0.15) is 6.42 Å². The van der Waals surface area contributed by atoms with Gasteiger partial charge in [-0.25, -0.2) is 8.42 Å². The van der Waals surface area contributed by atoms with Gasteiger partial charge in [-0.1, -0.05) is 12.1 Å². The lowest BCUT2D eigenvalue weighted by molar-refractivity contribution is 0.318. The average molecular weight is 317 g/mol. The van der Waals surface area contributed by atoms with Gasteiger partial charge in [0.2, 0.25) is 10.0 Å². The zero-order valence-electron chi connectivity index (χ0n) is 12.3. The Bertz CT molecular complexity index is 787. The van der Waals surface area contributed by atoms with Crippen molar-refractivity contribution in [2.45, 2.75) is 11.3 Å². The maximum atomic E-state index is 13.1. The Morgan fingerprint density at radius 1 is 1.18 bits per heavy atom. The Balaban J connectivity index is 1.74. The van der Waals surface area contributed by atoms with Crippen molar-refractivity contribution in [2.75, 3.05) is 26.2 Å². The molecule has 0 spiro atoms. The van der Waals surface area contributed by atoms with Crippen molar-refractivity contribution in [3.8, 4) is 0 Å². The highest BCUT2D eigenvalue weighted by Crippen LogP contribution is 2.33. The zero-order chi connectivity index (χ0) is 15.2. The van der Waals surface area contributed by atoms with Crippen LogP contribution in [-0.4, -0.2) is 43.9 Å². The van der Waals surface area contributed by atoms with E-state index in [1.54, 1.807) is 34.9 Å². The van der Waals surface area contributed by atoms with Crippen LogP contribution in [0, 0.1) is 11.8 Å². The zero-order valence-corrected chi connectivity index (χ0v) is 13.1. The van der Waals surface area contributed by atoms with Gasteiger partial charge < -0.3 is 5.32 Å². The molecule has 0 saturated carbocycles. The van der Waals surface area contributed by atoms with Crippen molar-refractivity contribution >= 4 is 20.8 Å². The Morgan fingerprint density at radius 2 is 2.05 bits per heavy atom. The molecule has 3 heterocycles. The molecule has 0 aliphatic carbocycles. The third-order valence-corrected chi connectivity index (χ3v) is 6.79. The molecule has 2 saturated heterocycles. The molecule has 2 aliphatic heterocycles. The highest BCUT2D eigenvalue weighted by molar-refractivity contribution is 7.89. The number of hydrogen-bond acceptors (Lipinski definition) is 4. The molecule has 5 nitrogen and oxygen atoms in total. The van der Waals surface area contributed by atoms with Crippen LogP contribution in [0.15, 0.2) is 41.6 Å². The summed E-state index contributed by atoms with van der Waals surface area (Å²) in [6.07, 6.45) is 4.42. The van der Waals surface area contributed by atoms with Gasteiger partial charge in [0.05, 0.1) is 4.90 Å². The van der Waals surface area contributed by atoms with E-state index in [1.165, 1.54) is 0 Å². The van der Waals surface area contributed by atoms with Gasteiger partial charge in [-0.3, -0.25) is 4.98 Å². The highest BCUT2D eigenvalue weighted by Gasteiger charge is 2.40. The maximum absolute atomic E-state index is 13.1. The van der Waals surface area contributed by atoms with E-state index < -0.39 is 10.0 Å². The standard InChI is InChI=1S/C16H19N3O2S/c20-22(21,19-10-13-4-6-17-9-14(13)11-19)16-3-1-2-12-8-18-7-5-15(12)16/h1-3,5,7-8,13-14,17H,4,6,9-11H2. The normalized spacial score (nSPS) is 26.2. The van der Waals surface area contributed by atoms with Gasteiger partial charge in [-0.2, -0.15) is 4.31 Å². The number of nitrogens with zero attached hydrogens (tertiary/aromatic N) is 2. The van der Waals surface area contributed by atoms with Crippen LogP contribution in [0.5, 0.6) is 0 Å². The molecule has 2 fully saturated rings. The molecule has 1 N–H and O–H groups in total. The fourth-order valence-electron chi connectivity index (χ4n) is 3.68. The molecular weight excluding hydrogens is 298 g/mol. The molecule has 0 amide bonds. The third-order valence-electron chi connectivity index (χ3n) is 4.90. The maximum Gasteiger partial charge on any atom is 0.243 e. The minimum absolute atomic E-state index is 0.402. The molecular formula is C16H19N3O2S. The molecule has 22 heavy (non-hydrogen) atoms. The largest absolute Gasteiger partial charge is 0.316 e. The molecule has 2 atom stereocenters. The average Bonchev–Trinajstić information content (AvgIpc) is 2.99. The van der Waals surface area contributed by atoms with Crippen molar-refractivity contribution in [1.82, 2.24) is 14.6 Å². The smallest absolute Gasteiger partial charge is 0.243 e. The Labute approximate surface area is 130 Å². The molecule has 6 heteroatoms. The molecule has 116 valence electrons. The second-order valence-electron chi connectivity index (χ2n) is 6.19. The van der Waals surface area contributed by atoms with Gasteiger partial charge in [0, 0.05) is 36.3 Å². The first-order valence-corrected chi connectivity index (χ1v) is 9.14. The van der Waals surface area contributed by atoms with Gasteiger partial charge in [-0.05, 0) is 43.5 Å². The highest BCUT2D eigenvalue weighted by atomic mass is 32.2. The lowest BCUT2D eigenvalue weighted by Gasteiger charge is -2.24. The van der Waals surface area contributed by atoms with Crippen LogP contribution in [-0.2, 0) is 10.0 Å². The lowest BCUT2D eigenvalue weighted by Crippen LogP contribution is -2.35. The molecule has 0 bridgehead atoms. The summed E-state index contributed by atoms with van der Waals surface area (Å²) in [6, 6.07) is 7.18. The number of rotatable bonds is 2. The first-order chi connectivity index (χ1) is 10.7. The lowest BCUT2D eigenvalue weighted by atomic mass is 9.90. The number of aromatic nitrogens is 1. The van der Waals surface area contributed by atoms with Gasteiger partial charge in [0.25, 0.3) is 0 Å². The molecule has 4 rings (SSSR count). The van der Waals surface area contributed by atoms with Gasteiger partial charge in [-0.15, -0.1) is 0 Å². The first-order valence-electron chi connectivity index (χ1n) is 7.70. The minimum atomic E-state index is -3.45. The van der Waals surface area contributed by atoms with Crippen LogP contribution in [0.25, 0.3) is 10.8 Å². The summed E-state index contributed by atoms with van der Waals surface area (Å²) in [7, 11) is -3.45. The van der Waals surface area contributed by atoms with E-state index in [1.807, 2.05) is 6.07 Å². The Morgan fingerprint density at radius 3 is 2.91 bits per heavy atom. The van der Waals surface area contributed by atoms with Gasteiger partial charge in [0.1, 0.15) is 0 Å². The first kappa shape index (κ1) is 14.1. The van der Waals surface area contributed by atoms with E-state index >= 15 is 0 Å². The number of piperidine rings is 1. The third kappa shape index (κ3) is 2.22. The van der Waals surface area contributed by atoms with Crippen LogP contribution < -0.4 is 5.32 Å². The van der Waals surface area contributed by atoms with Gasteiger partial charge in [0.15, 0.2) is 0 Å². The van der Waals surface area contributed by atoms with Crippen molar-refractivity contribution < 1.29 is 8.42 Å². The summed E-state index contributed by atoms with van der Waals surface area (Å²) >= 11 is 0. The summed E-state index contributed by atoms with van der Waals surface area (Å²) < 4.78 is 27.8. The van der Waals surface area contributed by atoms with E-state index in [0.29, 0.717) is 29.8 Å². The predicted octanol–water partition coefficient (Wildman–Crippen LogP) is 1.46. The number of pyridine rings is 1. The second kappa shape index (κ2) is 5.30. The number of benzene rings is 1. The van der Waals surface area contributed by atoms with Crippen molar-refractivity contribution in [3.63, 3.8) is 0 Å². The summed E-state index contributed by atoms with van der Waals surface area (Å²) in [5, 5.41) is 4.99. The fourth-order valence-corrected chi connectivity index (χ4v) is 5.45. The van der Waals surface area contributed by atoms with E-state index in [2.05, 4.69) is 10.3 Å². The second-order valence-corrected chi connectivity index (χ2v) is 8.09. The van der Waals surface area contributed by atoms with E-state index in [9.17, 15) is 8.42 Å². The minimum Gasteiger partial charge on any atom is -0.316 e. The molecule has 2 aliphatic rings. The summed E-state index contributed by atoms with van der Waals surface area (Å²) in [5.41, 5.74) is 0. The molecule has 2 unspecified atom stereocenters. The molecule has 2 aromatic rings. The van der Waals surface area contributed by atoms with Crippen molar-refractivity contribution in [3.05, 3.63) is 36.7 Å². The molecule has 1 aromatic carbocycles. The van der Waals surface area contributed by atoms with Crippen LogP contribution in [0.2, 0.25) is 0 Å². The SMILES string of the molecule is O=S(=O)(c1cccc2cnccc12)N1CC2CCNCC2C1. The van der Waals surface area contributed by atoms with E-state index in [-0.39, 0.29) is 0 Å². The number of hydrogen-bond donors (Lipinski definition) is 1. The van der Waals surface area contributed by atoms with E-state index in [0.717, 1.165) is 30.3 Å². The quantitative estimate of drug-likeness (QED) is 0.911. The van der Waals surface area contributed by atoms with Crippen LogP contribution >= 0.6 is 0 Å². The number of sulfonamides is 1. The summed E-state index contributed by atoms with van der Waals surface area (Å²) in [5.74, 6) is 0.938. The Hall–Kier alpha value is -1.50. The van der Waals surface area contributed by atoms with Crippen molar-refractivity contribution in [1.29, 1.82) is 0 Å². The van der Waals surface area contributed by atoms with Gasteiger partial charge >= 0.3 is 0 Å². The number of fused-ring (bicyclic) bond motifs is 2.